The minimum Gasteiger partial charge on any atom is -0.477 e. The monoisotopic (exact) mass is 263 g/mol. The van der Waals surface area contributed by atoms with Gasteiger partial charge in [-0.3, -0.25) is 0 Å². The molecule has 0 unspecified atom stereocenters. The molecule has 96 valence electrons. The molecule has 1 rings (SSSR count). The molecule has 1 heterocycles. The SMILES string of the molecule is COC(=O)CO.N=CC(=O)O.Nc1nccs1. The fraction of sp³-hybridized carbons (Fsp3) is 0.250. The number of anilines is 1. The van der Waals surface area contributed by atoms with E-state index in [4.69, 9.17) is 26.2 Å². The van der Waals surface area contributed by atoms with E-state index in [-0.39, 0.29) is 0 Å². The lowest BCUT2D eigenvalue weighted by atomic mass is 10.8. The van der Waals surface area contributed by atoms with Gasteiger partial charge in [-0.1, -0.05) is 0 Å². The molecule has 0 aliphatic heterocycles. The number of nitrogen functional groups attached to an aromatic ring is 1. The first kappa shape index (κ1) is 17.4. The summed E-state index contributed by atoms with van der Waals surface area (Å²) in [4.78, 5) is 22.5. The highest BCUT2D eigenvalue weighted by Gasteiger charge is 1.89. The van der Waals surface area contributed by atoms with E-state index >= 15 is 0 Å². The van der Waals surface area contributed by atoms with E-state index in [0.29, 0.717) is 11.3 Å². The van der Waals surface area contributed by atoms with E-state index < -0.39 is 18.5 Å². The first-order valence-corrected chi connectivity index (χ1v) is 4.91. The lowest BCUT2D eigenvalue weighted by molar-refractivity contribution is -0.143. The van der Waals surface area contributed by atoms with E-state index in [0.717, 1.165) is 0 Å². The number of hydrogen-bond acceptors (Lipinski definition) is 8. The molecule has 1 aromatic heterocycles. The molecule has 0 saturated carbocycles. The summed E-state index contributed by atoms with van der Waals surface area (Å²) in [6.45, 7) is -0.531. The van der Waals surface area contributed by atoms with Crippen molar-refractivity contribution in [3.63, 3.8) is 0 Å². The number of hydrogen-bond donors (Lipinski definition) is 4. The summed E-state index contributed by atoms with van der Waals surface area (Å²) in [6.07, 6.45) is 2.01. The molecule has 9 heteroatoms. The Kier molecular flexibility index (Phi) is 12.4. The van der Waals surface area contributed by atoms with Gasteiger partial charge < -0.3 is 26.1 Å². The van der Waals surface area contributed by atoms with Crippen molar-refractivity contribution in [3.8, 4) is 0 Å². The first-order valence-electron chi connectivity index (χ1n) is 4.03. The number of aliphatic hydroxyl groups excluding tert-OH is 1. The van der Waals surface area contributed by atoms with Gasteiger partial charge in [0.25, 0.3) is 0 Å². The highest BCUT2D eigenvalue weighted by molar-refractivity contribution is 7.13. The highest BCUT2D eigenvalue weighted by Crippen LogP contribution is 2.02. The van der Waals surface area contributed by atoms with Crippen molar-refractivity contribution in [2.45, 2.75) is 0 Å². The number of aromatic nitrogens is 1. The minimum absolute atomic E-state index is 0.333. The van der Waals surface area contributed by atoms with Gasteiger partial charge >= 0.3 is 11.9 Å². The largest absolute Gasteiger partial charge is 0.477 e. The summed E-state index contributed by atoms with van der Waals surface area (Å²) < 4.78 is 4.01. The van der Waals surface area contributed by atoms with Gasteiger partial charge in [-0.2, -0.15) is 0 Å². The molecule has 0 radical (unpaired) electrons. The predicted molar refractivity (Wildman–Crippen MR) is 62.0 cm³/mol. The number of nitrogens with two attached hydrogens (primary N) is 1. The summed E-state index contributed by atoms with van der Waals surface area (Å²) in [5.74, 6) is -1.81. The molecule has 0 atom stereocenters. The Morgan fingerprint density at radius 3 is 2.29 bits per heavy atom. The Balaban J connectivity index is 0. The number of carboxylic acid groups (broad SMARTS) is 1. The van der Waals surface area contributed by atoms with Gasteiger partial charge in [0.15, 0.2) is 5.13 Å². The Labute approximate surface area is 101 Å². The molecule has 0 aliphatic carbocycles. The number of ether oxygens (including phenoxy) is 1. The van der Waals surface area contributed by atoms with E-state index in [2.05, 4.69) is 9.72 Å². The van der Waals surface area contributed by atoms with Crippen LogP contribution in [0.15, 0.2) is 11.6 Å². The fourth-order valence-corrected chi connectivity index (χ4v) is 0.682. The van der Waals surface area contributed by atoms with Crippen LogP contribution < -0.4 is 5.73 Å². The van der Waals surface area contributed by atoms with Crippen molar-refractivity contribution in [1.29, 1.82) is 5.41 Å². The van der Waals surface area contributed by atoms with Gasteiger partial charge in [0.05, 0.1) is 7.11 Å². The van der Waals surface area contributed by atoms with Crippen molar-refractivity contribution in [1.82, 2.24) is 4.98 Å². The van der Waals surface area contributed by atoms with Gasteiger partial charge in [0.2, 0.25) is 0 Å². The zero-order valence-corrected chi connectivity index (χ0v) is 9.81. The van der Waals surface area contributed by atoms with Crippen LogP contribution in [-0.2, 0) is 14.3 Å². The summed E-state index contributed by atoms with van der Waals surface area (Å²) in [7, 11) is 1.22. The molecule has 0 bridgehead atoms. The third-order valence-electron chi connectivity index (χ3n) is 0.932. The van der Waals surface area contributed by atoms with Crippen LogP contribution >= 0.6 is 11.3 Å². The quantitative estimate of drug-likeness (QED) is 0.419. The molecule has 17 heavy (non-hydrogen) atoms. The maximum Gasteiger partial charge on any atom is 0.346 e. The van der Waals surface area contributed by atoms with Crippen molar-refractivity contribution >= 4 is 34.6 Å². The number of carbonyl (C=O) groups is 2. The van der Waals surface area contributed by atoms with Crippen LogP contribution in [0.1, 0.15) is 0 Å². The molecule has 0 spiro atoms. The molecule has 0 saturated heterocycles. The third-order valence-corrected chi connectivity index (χ3v) is 1.54. The average molecular weight is 263 g/mol. The fourth-order valence-electron chi connectivity index (χ4n) is 0.299. The zero-order chi connectivity index (χ0) is 13.7. The van der Waals surface area contributed by atoms with E-state index in [1.54, 1.807) is 6.20 Å². The Hall–Kier alpha value is -2.00. The molecule has 0 aliphatic rings. The van der Waals surface area contributed by atoms with Gasteiger partial charge in [-0.25, -0.2) is 14.6 Å². The van der Waals surface area contributed by atoms with Gasteiger partial charge in [0, 0.05) is 11.6 Å². The molecule has 8 nitrogen and oxygen atoms in total. The van der Waals surface area contributed by atoms with Crippen molar-refractivity contribution in [2.24, 2.45) is 0 Å². The number of thiazole rings is 1. The van der Waals surface area contributed by atoms with Crippen LogP contribution in [0.4, 0.5) is 5.13 Å². The molecule has 0 amide bonds. The van der Waals surface area contributed by atoms with Crippen LogP contribution in [0.5, 0.6) is 0 Å². The van der Waals surface area contributed by atoms with Crippen LogP contribution in [0.3, 0.4) is 0 Å². The average Bonchev–Trinajstić information content (AvgIpc) is 2.80. The number of nitrogens with one attached hydrogen (secondary N) is 1. The number of methoxy groups -OCH3 is 1. The number of aliphatic hydroxyl groups is 1. The van der Waals surface area contributed by atoms with Crippen molar-refractivity contribution < 1.29 is 24.5 Å². The Morgan fingerprint density at radius 2 is 2.24 bits per heavy atom. The van der Waals surface area contributed by atoms with Gasteiger partial charge in [-0.15, -0.1) is 11.3 Å². The number of aliphatic carboxylic acids is 1. The van der Waals surface area contributed by atoms with Gasteiger partial charge in [0.1, 0.15) is 12.8 Å². The lowest BCUT2D eigenvalue weighted by Gasteiger charge is -1.86. The summed E-state index contributed by atoms with van der Waals surface area (Å²) >= 11 is 1.44. The maximum atomic E-state index is 9.71. The van der Waals surface area contributed by atoms with E-state index in [1.807, 2.05) is 5.38 Å². The van der Waals surface area contributed by atoms with Gasteiger partial charge in [-0.05, 0) is 0 Å². The minimum atomic E-state index is -1.20. The van der Waals surface area contributed by atoms with Crippen LogP contribution in [0.2, 0.25) is 0 Å². The van der Waals surface area contributed by atoms with E-state index in [1.165, 1.54) is 18.4 Å². The molecular formula is C8H13N3O5S. The standard InChI is InChI=1S/C3H4N2S.C3H6O3.C2H3NO2/c4-3-5-1-2-6-3;1-6-3(5)2-4;3-1-2(4)5/h1-2H,(H2,4,5);4H,2H2,1H3;1,3H,(H,4,5). The molecule has 1 aromatic rings. The first-order chi connectivity index (χ1) is 7.97. The van der Waals surface area contributed by atoms with Crippen LogP contribution in [-0.4, -0.2) is 47.1 Å². The Bertz CT molecular complexity index is 322. The van der Waals surface area contributed by atoms with Crippen LogP contribution in [0.25, 0.3) is 0 Å². The predicted octanol–water partition coefficient (Wildman–Crippen LogP) is -0.402. The van der Waals surface area contributed by atoms with Crippen molar-refractivity contribution in [2.75, 3.05) is 19.5 Å². The smallest absolute Gasteiger partial charge is 0.346 e. The Morgan fingerprint density at radius 1 is 1.71 bits per heavy atom. The molecule has 5 N–H and O–H groups in total. The molecular weight excluding hydrogens is 250 g/mol. The zero-order valence-electron chi connectivity index (χ0n) is 8.99. The van der Waals surface area contributed by atoms with E-state index in [9.17, 15) is 4.79 Å². The maximum absolute atomic E-state index is 9.71. The van der Waals surface area contributed by atoms with Crippen molar-refractivity contribution in [3.05, 3.63) is 11.6 Å². The molecule has 0 aromatic carbocycles. The summed E-state index contributed by atoms with van der Waals surface area (Å²) in [5, 5.41) is 23.7. The number of nitrogens with zero attached hydrogens (tertiary/aromatic N) is 1. The second-order valence-electron chi connectivity index (χ2n) is 2.09. The number of esters is 1. The highest BCUT2D eigenvalue weighted by atomic mass is 32.1. The lowest BCUT2D eigenvalue weighted by Crippen LogP contribution is -2.04. The normalized spacial score (nSPS) is 7.65. The third kappa shape index (κ3) is 16.7. The molecule has 0 fully saturated rings. The van der Waals surface area contributed by atoms with Crippen LogP contribution in [0, 0.1) is 5.41 Å². The summed E-state index contributed by atoms with van der Waals surface area (Å²) in [6, 6.07) is 0. The number of carboxylic acids is 1. The topological polar surface area (TPSA) is 147 Å². The number of rotatable bonds is 2. The number of carbonyl (C=O) groups excluding carboxylic acids is 1. The summed E-state index contributed by atoms with van der Waals surface area (Å²) in [5.41, 5.74) is 5.19. The second kappa shape index (κ2) is 12.1. The second-order valence-corrected chi connectivity index (χ2v) is 3.01.